The highest BCUT2D eigenvalue weighted by molar-refractivity contribution is 7.98. The minimum atomic E-state index is -4.20. The van der Waals surface area contributed by atoms with Crippen LogP contribution in [0, 0.1) is 6.92 Å². The van der Waals surface area contributed by atoms with E-state index in [1.54, 1.807) is 50.2 Å². The van der Waals surface area contributed by atoms with Gasteiger partial charge in [0.1, 0.15) is 18.3 Å². The summed E-state index contributed by atoms with van der Waals surface area (Å²) in [4.78, 5) is 29.5. The van der Waals surface area contributed by atoms with E-state index in [-0.39, 0.29) is 29.1 Å². The van der Waals surface area contributed by atoms with Crippen molar-refractivity contribution in [2.45, 2.75) is 63.0 Å². The molecule has 0 heterocycles. The molecule has 0 bridgehead atoms. The largest absolute Gasteiger partial charge is 0.492 e. The number of hydrogen-bond acceptors (Lipinski definition) is 6. The number of carbonyl (C=O) groups is 2. The van der Waals surface area contributed by atoms with Gasteiger partial charge >= 0.3 is 0 Å². The molecule has 0 aromatic heterocycles. The van der Waals surface area contributed by atoms with Gasteiger partial charge in [0.25, 0.3) is 10.0 Å². The van der Waals surface area contributed by atoms with Crippen molar-refractivity contribution in [1.82, 2.24) is 10.2 Å². The average molecular weight is 598 g/mol. The molecule has 8 nitrogen and oxygen atoms in total. The maximum absolute atomic E-state index is 14.1. The van der Waals surface area contributed by atoms with Crippen LogP contribution >= 0.6 is 11.8 Å². The lowest BCUT2D eigenvalue weighted by Gasteiger charge is -2.32. The summed E-state index contributed by atoms with van der Waals surface area (Å²) in [5.74, 6) is -0.507. The Labute approximate surface area is 248 Å². The van der Waals surface area contributed by atoms with Gasteiger partial charge in [-0.1, -0.05) is 42.0 Å². The van der Waals surface area contributed by atoms with E-state index in [4.69, 9.17) is 4.74 Å². The Hall–Kier alpha value is -3.50. The minimum Gasteiger partial charge on any atom is -0.492 e. The Bertz CT molecular complexity index is 1420. The molecule has 0 aliphatic rings. The summed E-state index contributed by atoms with van der Waals surface area (Å²) in [5.41, 5.74) is 2.13. The Kier molecular flexibility index (Phi) is 11.3. The summed E-state index contributed by atoms with van der Waals surface area (Å²) in [6.07, 6.45) is 1.91. The van der Waals surface area contributed by atoms with Crippen LogP contribution in [0.1, 0.15) is 38.8 Å². The molecule has 41 heavy (non-hydrogen) atoms. The van der Waals surface area contributed by atoms with Crippen molar-refractivity contribution in [2.24, 2.45) is 0 Å². The molecule has 0 fully saturated rings. The third-order valence-corrected chi connectivity index (χ3v) is 8.95. The van der Waals surface area contributed by atoms with Crippen molar-refractivity contribution in [2.75, 3.05) is 23.7 Å². The number of hydrogen-bond donors (Lipinski definition) is 1. The van der Waals surface area contributed by atoms with Crippen LogP contribution in [0.25, 0.3) is 0 Å². The van der Waals surface area contributed by atoms with Crippen molar-refractivity contribution < 1.29 is 22.7 Å². The lowest BCUT2D eigenvalue weighted by Crippen LogP contribution is -2.52. The number of rotatable bonds is 13. The van der Waals surface area contributed by atoms with E-state index in [1.807, 2.05) is 51.3 Å². The van der Waals surface area contributed by atoms with Gasteiger partial charge in [0, 0.05) is 17.5 Å². The zero-order chi connectivity index (χ0) is 30.2. The number of benzene rings is 3. The van der Waals surface area contributed by atoms with Crippen molar-refractivity contribution >= 4 is 39.3 Å². The van der Waals surface area contributed by atoms with Crippen molar-refractivity contribution in [3.63, 3.8) is 0 Å². The van der Waals surface area contributed by atoms with Crippen LogP contribution < -0.4 is 14.4 Å². The molecule has 0 radical (unpaired) electrons. The van der Waals surface area contributed by atoms with Crippen LogP contribution in [0.5, 0.6) is 5.75 Å². The number of aryl methyl sites for hydroxylation is 1. The third-order valence-electron chi connectivity index (χ3n) is 6.43. The van der Waals surface area contributed by atoms with Gasteiger partial charge in [-0.3, -0.25) is 13.9 Å². The van der Waals surface area contributed by atoms with E-state index < -0.39 is 28.5 Å². The second-order valence-corrected chi connectivity index (χ2v) is 12.7. The van der Waals surface area contributed by atoms with Crippen LogP contribution in [0.2, 0.25) is 0 Å². The topological polar surface area (TPSA) is 96.0 Å². The molecule has 3 aromatic carbocycles. The Balaban J connectivity index is 2.08. The van der Waals surface area contributed by atoms with Gasteiger partial charge in [-0.2, -0.15) is 0 Å². The van der Waals surface area contributed by atoms with Crippen LogP contribution in [0.15, 0.2) is 82.6 Å². The van der Waals surface area contributed by atoms with E-state index in [1.165, 1.54) is 28.8 Å². The number of sulfonamides is 1. The number of anilines is 1. The lowest BCUT2D eigenvalue weighted by molar-refractivity contribution is -0.139. The smallest absolute Gasteiger partial charge is 0.264 e. The predicted octanol–water partition coefficient (Wildman–Crippen LogP) is 5.25. The van der Waals surface area contributed by atoms with Crippen molar-refractivity contribution in [3.8, 4) is 5.75 Å². The molecule has 0 unspecified atom stereocenters. The van der Waals surface area contributed by atoms with Crippen molar-refractivity contribution in [1.29, 1.82) is 0 Å². The van der Waals surface area contributed by atoms with Crippen LogP contribution in [0.3, 0.4) is 0 Å². The number of para-hydroxylation sites is 2. The molecule has 3 rings (SSSR count). The second kappa shape index (κ2) is 14.4. The normalized spacial score (nSPS) is 12.1. The highest BCUT2D eigenvalue weighted by Crippen LogP contribution is 2.33. The third kappa shape index (κ3) is 8.27. The molecule has 0 saturated heterocycles. The number of ether oxygens (including phenoxy) is 1. The summed E-state index contributed by atoms with van der Waals surface area (Å²) in [6.45, 7) is 9.04. The van der Waals surface area contributed by atoms with Gasteiger partial charge in [-0.15, -0.1) is 11.8 Å². The number of nitrogens with one attached hydrogen (secondary N) is 1. The SMILES string of the molecule is CCOc1ccccc1N(CC(=O)N(Cc1ccc(C)cc1)[C@H](C)C(=O)NC(C)C)S(=O)(=O)c1ccc(SC)cc1. The molecular weight excluding hydrogens is 558 g/mol. The van der Waals surface area contributed by atoms with Crippen LogP contribution in [-0.2, 0) is 26.2 Å². The fourth-order valence-corrected chi connectivity index (χ4v) is 6.04. The van der Waals surface area contributed by atoms with Gasteiger partial charge in [-0.05, 0) is 82.8 Å². The first-order valence-electron chi connectivity index (χ1n) is 13.5. The lowest BCUT2D eigenvalue weighted by atomic mass is 10.1. The van der Waals surface area contributed by atoms with E-state index >= 15 is 0 Å². The van der Waals surface area contributed by atoms with E-state index in [0.717, 1.165) is 20.3 Å². The molecule has 220 valence electrons. The maximum Gasteiger partial charge on any atom is 0.264 e. The minimum absolute atomic E-state index is 0.0464. The summed E-state index contributed by atoms with van der Waals surface area (Å²) < 4.78 is 35.0. The Morgan fingerprint density at radius 2 is 1.59 bits per heavy atom. The number of amides is 2. The molecule has 10 heteroatoms. The summed E-state index contributed by atoms with van der Waals surface area (Å²) in [7, 11) is -4.20. The monoisotopic (exact) mass is 597 g/mol. The number of carbonyl (C=O) groups excluding carboxylic acids is 2. The first-order valence-corrected chi connectivity index (χ1v) is 16.2. The molecule has 0 aliphatic carbocycles. The van der Waals surface area contributed by atoms with E-state index in [9.17, 15) is 18.0 Å². The van der Waals surface area contributed by atoms with Crippen LogP contribution in [-0.4, -0.2) is 56.6 Å². The first kappa shape index (κ1) is 32.0. The van der Waals surface area contributed by atoms with Gasteiger partial charge in [0.2, 0.25) is 11.8 Å². The quantitative estimate of drug-likeness (QED) is 0.270. The fraction of sp³-hybridized carbons (Fsp3) is 0.355. The Morgan fingerprint density at radius 3 is 2.17 bits per heavy atom. The van der Waals surface area contributed by atoms with Crippen molar-refractivity contribution in [3.05, 3.63) is 83.9 Å². The molecule has 0 aliphatic heterocycles. The summed E-state index contributed by atoms with van der Waals surface area (Å²) >= 11 is 1.50. The molecular formula is C31H39N3O5S2. The highest BCUT2D eigenvalue weighted by atomic mass is 32.2. The maximum atomic E-state index is 14.1. The molecule has 2 amide bonds. The fourth-order valence-electron chi connectivity index (χ4n) is 4.21. The number of nitrogens with zero attached hydrogens (tertiary/aromatic N) is 2. The molecule has 1 N–H and O–H groups in total. The standard InChI is InChI=1S/C31H39N3O5S2/c1-7-39-29-11-9-8-10-28(29)34(41(37,38)27-18-16-26(40-6)17-19-27)21-30(35)33(24(5)31(36)32-22(2)3)20-25-14-12-23(4)13-15-25/h8-19,22,24H,7,20-21H2,1-6H3,(H,32,36)/t24-/m1/s1. The van der Waals surface area contributed by atoms with Gasteiger partial charge < -0.3 is 15.0 Å². The zero-order valence-corrected chi connectivity index (χ0v) is 26.1. The van der Waals surface area contributed by atoms with E-state index in [0.29, 0.717) is 12.4 Å². The summed E-state index contributed by atoms with van der Waals surface area (Å²) in [6, 6.07) is 20.0. The van der Waals surface area contributed by atoms with Gasteiger partial charge in [-0.25, -0.2) is 8.42 Å². The van der Waals surface area contributed by atoms with Crippen LogP contribution in [0.4, 0.5) is 5.69 Å². The second-order valence-electron chi connectivity index (χ2n) is 9.93. The van der Waals surface area contributed by atoms with Gasteiger partial charge in [0.15, 0.2) is 0 Å². The molecule has 3 aromatic rings. The first-order chi connectivity index (χ1) is 19.5. The molecule has 0 spiro atoms. The Morgan fingerprint density at radius 1 is 0.951 bits per heavy atom. The highest BCUT2D eigenvalue weighted by Gasteiger charge is 2.34. The summed E-state index contributed by atoms with van der Waals surface area (Å²) in [5, 5.41) is 2.86. The molecule has 0 saturated carbocycles. The molecule has 1 atom stereocenters. The average Bonchev–Trinajstić information content (AvgIpc) is 2.95. The van der Waals surface area contributed by atoms with Gasteiger partial charge in [0.05, 0.1) is 17.2 Å². The van der Waals surface area contributed by atoms with E-state index in [2.05, 4.69) is 5.32 Å². The number of thioether (sulfide) groups is 1. The predicted molar refractivity (Wildman–Crippen MR) is 165 cm³/mol. The zero-order valence-electron chi connectivity index (χ0n) is 24.5.